The Morgan fingerprint density at radius 2 is 2.20 bits per heavy atom. The van der Waals surface area contributed by atoms with Crippen LogP contribution in [-0.2, 0) is 4.74 Å². The third-order valence-electron chi connectivity index (χ3n) is 1.13. The van der Waals surface area contributed by atoms with E-state index in [-0.39, 0.29) is 0 Å². The van der Waals surface area contributed by atoms with Gasteiger partial charge in [-0.15, -0.1) is 0 Å². The van der Waals surface area contributed by atoms with Crippen LogP contribution in [0, 0.1) is 0 Å². The van der Waals surface area contributed by atoms with Crippen LogP contribution < -0.4 is 0 Å². The number of hydrogen-bond donors (Lipinski definition) is 0. The summed E-state index contributed by atoms with van der Waals surface area (Å²) in [4.78, 5) is 0. The summed E-state index contributed by atoms with van der Waals surface area (Å²) in [5, 5.41) is 0. The molecule has 0 atom stereocenters. The molecule has 52 valence electrons. The third kappa shape index (κ3) is 2.35. The quantitative estimate of drug-likeness (QED) is 0.493. The predicted molar refractivity (Wildman–Crippen MR) is 42.5 cm³/mol. The van der Waals surface area contributed by atoms with Crippen LogP contribution in [-0.4, -0.2) is 6.61 Å². The maximum atomic E-state index is 5.06. The van der Waals surface area contributed by atoms with Crippen molar-refractivity contribution in [3.63, 3.8) is 0 Å². The standard InChI is InChI=1S/C9H10O/c1-9-5-3-2-4-7-10-8-6-9/h2-6,8H,1,7H2. The molecule has 10 heavy (non-hydrogen) atoms. The first-order valence-electron chi connectivity index (χ1n) is 3.20. The van der Waals surface area contributed by atoms with E-state index < -0.39 is 0 Å². The minimum Gasteiger partial charge on any atom is -0.497 e. The molecule has 1 aliphatic heterocycles. The summed E-state index contributed by atoms with van der Waals surface area (Å²) in [6, 6.07) is 0. The highest BCUT2D eigenvalue weighted by molar-refractivity contribution is 5.29. The van der Waals surface area contributed by atoms with E-state index in [4.69, 9.17) is 4.74 Å². The molecule has 0 amide bonds. The second kappa shape index (κ2) is 3.72. The monoisotopic (exact) mass is 134 g/mol. The van der Waals surface area contributed by atoms with Crippen LogP contribution in [0.15, 0.2) is 48.8 Å². The van der Waals surface area contributed by atoms with Crippen LogP contribution in [0.25, 0.3) is 0 Å². The minimum absolute atomic E-state index is 0.633. The van der Waals surface area contributed by atoms with Crippen molar-refractivity contribution in [3.8, 4) is 0 Å². The lowest BCUT2D eigenvalue weighted by Gasteiger charge is -1.91. The average molecular weight is 134 g/mol. The highest BCUT2D eigenvalue weighted by Gasteiger charge is 1.81. The Bertz CT molecular complexity index is 197. The summed E-state index contributed by atoms with van der Waals surface area (Å²) in [7, 11) is 0. The first kappa shape index (κ1) is 6.87. The lowest BCUT2D eigenvalue weighted by atomic mass is 10.3. The number of hydrogen-bond acceptors (Lipinski definition) is 1. The van der Waals surface area contributed by atoms with Crippen molar-refractivity contribution >= 4 is 0 Å². The summed E-state index contributed by atoms with van der Waals surface area (Å²) in [5.41, 5.74) is 0.951. The van der Waals surface area contributed by atoms with E-state index in [1.54, 1.807) is 6.26 Å². The molecule has 1 nitrogen and oxygen atoms in total. The summed E-state index contributed by atoms with van der Waals surface area (Å²) in [6.07, 6.45) is 11.3. The molecule has 1 aliphatic rings. The molecule has 1 heteroatoms. The number of rotatable bonds is 0. The van der Waals surface area contributed by atoms with E-state index in [1.807, 2.05) is 30.4 Å². The van der Waals surface area contributed by atoms with Crippen LogP contribution in [0.2, 0.25) is 0 Å². The van der Waals surface area contributed by atoms with Crippen molar-refractivity contribution in [1.29, 1.82) is 0 Å². The smallest absolute Gasteiger partial charge is 0.106 e. The van der Waals surface area contributed by atoms with Crippen molar-refractivity contribution in [2.75, 3.05) is 6.61 Å². The molecule has 1 rings (SSSR count). The molecule has 0 aliphatic carbocycles. The van der Waals surface area contributed by atoms with Crippen LogP contribution in [0.3, 0.4) is 0 Å². The van der Waals surface area contributed by atoms with Crippen molar-refractivity contribution in [2.45, 2.75) is 0 Å². The van der Waals surface area contributed by atoms with Gasteiger partial charge in [0.1, 0.15) is 6.61 Å². The molecule has 0 fully saturated rings. The molecule has 0 bridgehead atoms. The van der Waals surface area contributed by atoms with E-state index in [2.05, 4.69) is 6.58 Å². The molecule has 0 radical (unpaired) electrons. The molecule has 1 heterocycles. The fourth-order valence-electron chi connectivity index (χ4n) is 0.615. The average Bonchev–Trinajstić information content (AvgIpc) is 2.02. The van der Waals surface area contributed by atoms with E-state index in [9.17, 15) is 0 Å². The zero-order valence-electron chi connectivity index (χ0n) is 5.79. The van der Waals surface area contributed by atoms with E-state index in [1.165, 1.54) is 0 Å². The molecule has 0 aromatic carbocycles. The van der Waals surface area contributed by atoms with Gasteiger partial charge in [0, 0.05) is 0 Å². The van der Waals surface area contributed by atoms with Gasteiger partial charge in [0.2, 0.25) is 0 Å². The van der Waals surface area contributed by atoms with Gasteiger partial charge in [-0.3, -0.25) is 0 Å². The number of allylic oxidation sites excluding steroid dienone is 5. The van der Waals surface area contributed by atoms with Gasteiger partial charge < -0.3 is 4.74 Å². The van der Waals surface area contributed by atoms with Gasteiger partial charge in [0.15, 0.2) is 0 Å². The summed E-state index contributed by atoms with van der Waals surface area (Å²) in [5.74, 6) is 0. The SMILES string of the molecule is C=C1C=CC=CCOC=C1. The van der Waals surface area contributed by atoms with Gasteiger partial charge in [-0.05, 0) is 17.7 Å². The minimum atomic E-state index is 0.633. The van der Waals surface area contributed by atoms with Crippen molar-refractivity contribution in [1.82, 2.24) is 0 Å². The second-order valence-corrected chi connectivity index (χ2v) is 2.00. The predicted octanol–water partition coefficient (Wildman–Crippen LogP) is 2.20. The molecular weight excluding hydrogens is 124 g/mol. The second-order valence-electron chi connectivity index (χ2n) is 2.00. The maximum Gasteiger partial charge on any atom is 0.106 e. The lowest BCUT2D eigenvalue weighted by Crippen LogP contribution is -1.78. The Balaban J connectivity index is 2.64. The molecule has 0 aromatic heterocycles. The molecular formula is C9H10O. The van der Waals surface area contributed by atoms with Gasteiger partial charge in [-0.1, -0.05) is 24.8 Å². The Hall–Kier alpha value is -1.24. The Morgan fingerprint density at radius 1 is 1.30 bits per heavy atom. The lowest BCUT2D eigenvalue weighted by molar-refractivity contribution is 0.290. The van der Waals surface area contributed by atoms with Crippen LogP contribution in [0.1, 0.15) is 0 Å². The van der Waals surface area contributed by atoms with E-state index >= 15 is 0 Å². The van der Waals surface area contributed by atoms with Gasteiger partial charge in [0.05, 0.1) is 6.26 Å². The Kier molecular flexibility index (Phi) is 2.56. The number of ether oxygens (including phenoxy) is 1. The van der Waals surface area contributed by atoms with Crippen LogP contribution in [0.5, 0.6) is 0 Å². The molecule has 0 aromatic rings. The molecule has 0 saturated carbocycles. The first-order chi connectivity index (χ1) is 4.89. The van der Waals surface area contributed by atoms with Crippen molar-refractivity contribution in [2.24, 2.45) is 0 Å². The van der Waals surface area contributed by atoms with Gasteiger partial charge >= 0.3 is 0 Å². The van der Waals surface area contributed by atoms with Crippen molar-refractivity contribution < 1.29 is 4.74 Å². The van der Waals surface area contributed by atoms with E-state index in [0.29, 0.717) is 6.61 Å². The molecule has 0 unspecified atom stereocenters. The van der Waals surface area contributed by atoms with Crippen LogP contribution >= 0.6 is 0 Å². The third-order valence-corrected chi connectivity index (χ3v) is 1.13. The molecule has 0 spiro atoms. The Morgan fingerprint density at radius 3 is 3.10 bits per heavy atom. The van der Waals surface area contributed by atoms with Gasteiger partial charge in [0.25, 0.3) is 0 Å². The fourth-order valence-corrected chi connectivity index (χ4v) is 0.615. The summed E-state index contributed by atoms with van der Waals surface area (Å²) < 4.78 is 5.06. The van der Waals surface area contributed by atoms with Gasteiger partial charge in [-0.2, -0.15) is 0 Å². The highest BCUT2D eigenvalue weighted by atomic mass is 16.5. The highest BCUT2D eigenvalue weighted by Crippen LogP contribution is 1.97. The zero-order chi connectivity index (χ0) is 7.23. The first-order valence-corrected chi connectivity index (χ1v) is 3.20. The molecule has 0 saturated heterocycles. The maximum absolute atomic E-state index is 5.06. The largest absolute Gasteiger partial charge is 0.497 e. The molecule has 0 N–H and O–H groups in total. The van der Waals surface area contributed by atoms with Crippen LogP contribution in [0.4, 0.5) is 0 Å². The zero-order valence-corrected chi connectivity index (χ0v) is 5.79. The summed E-state index contributed by atoms with van der Waals surface area (Å²) in [6.45, 7) is 4.40. The fraction of sp³-hybridized carbons (Fsp3) is 0.111. The normalized spacial score (nSPS) is 17.4. The van der Waals surface area contributed by atoms with Crippen molar-refractivity contribution in [3.05, 3.63) is 48.8 Å². The van der Waals surface area contributed by atoms with Gasteiger partial charge in [-0.25, -0.2) is 0 Å². The van der Waals surface area contributed by atoms with E-state index in [0.717, 1.165) is 5.57 Å². The topological polar surface area (TPSA) is 9.23 Å². The Labute approximate surface area is 61.0 Å². The summed E-state index contributed by atoms with van der Waals surface area (Å²) >= 11 is 0.